The zero-order chi connectivity index (χ0) is 24.2. The molecule has 1 fully saturated rings. The first-order valence-electron chi connectivity index (χ1n) is 12.2. The van der Waals surface area contributed by atoms with E-state index in [2.05, 4.69) is 34.5 Å². The van der Waals surface area contributed by atoms with Crippen molar-refractivity contribution in [1.82, 2.24) is 15.1 Å². The molecule has 0 aliphatic carbocycles. The molecule has 1 saturated heterocycles. The second kappa shape index (κ2) is 10.2. The van der Waals surface area contributed by atoms with E-state index in [9.17, 15) is 14.4 Å². The van der Waals surface area contributed by atoms with Crippen molar-refractivity contribution in [2.45, 2.75) is 25.9 Å². The highest BCUT2D eigenvalue weighted by molar-refractivity contribution is 6.21. The summed E-state index contributed by atoms with van der Waals surface area (Å²) in [7, 11) is 0. The first-order chi connectivity index (χ1) is 17.1. The van der Waals surface area contributed by atoms with Crippen LogP contribution < -0.4 is 5.32 Å². The van der Waals surface area contributed by atoms with Gasteiger partial charge in [0.1, 0.15) is 0 Å². The molecule has 5 rings (SSSR count). The van der Waals surface area contributed by atoms with Gasteiger partial charge in [-0.2, -0.15) is 0 Å². The summed E-state index contributed by atoms with van der Waals surface area (Å²) in [6.45, 7) is 3.76. The summed E-state index contributed by atoms with van der Waals surface area (Å²) in [6, 6.07) is 24.5. The second-order valence-electron chi connectivity index (χ2n) is 9.38. The number of carbonyl (C=O) groups excluding carboxylic acids is 3. The molecule has 1 atom stereocenters. The number of hydrogen-bond donors (Lipinski definition) is 1. The highest BCUT2D eigenvalue weighted by Crippen LogP contribution is 2.24. The Hall–Kier alpha value is -3.77. The molecule has 3 aromatic carbocycles. The molecule has 0 radical (unpaired) electrons. The van der Waals surface area contributed by atoms with Gasteiger partial charge in [0.25, 0.3) is 17.7 Å². The Balaban J connectivity index is 1.17. The number of carbonyl (C=O) groups is 3. The standard InChI is InChI=1S/C29H29N3O3/c33-27(30-17-23-11-7-15-31(19-23)18-21-8-2-1-3-9-21)24-12-6-10-22(16-24)20-32-28(34)25-13-4-5-14-26(25)29(32)35/h1-6,8-10,12-14,16,23H,7,11,15,17-20H2,(H,30,33). The molecule has 3 amide bonds. The lowest BCUT2D eigenvalue weighted by Crippen LogP contribution is -2.40. The number of piperidine rings is 1. The van der Waals surface area contributed by atoms with Crippen molar-refractivity contribution in [3.05, 3.63) is 107 Å². The molecule has 0 aromatic heterocycles. The zero-order valence-electron chi connectivity index (χ0n) is 19.7. The number of imide groups is 1. The molecule has 3 aromatic rings. The molecular formula is C29H29N3O3. The van der Waals surface area contributed by atoms with E-state index in [4.69, 9.17) is 0 Å². The fraction of sp³-hybridized carbons (Fsp3) is 0.276. The van der Waals surface area contributed by atoms with Crippen molar-refractivity contribution in [2.24, 2.45) is 5.92 Å². The molecule has 2 aliphatic heterocycles. The topological polar surface area (TPSA) is 69.7 Å². The number of amides is 3. The zero-order valence-corrected chi connectivity index (χ0v) is 19.7. The molecular weight excluding hydrogens is 438 g/mol. The van der Waals surface area contributed by atoms with E-state index in [0.29, 0.717) is 29.2 Å². The summed E-state index contributed by atoms with van der Waals surface area (Å²) in [5, 5.41) is 3.09. The van der Waals surface area contributed by atoms with Gasteiger partial charge in [-0.3, -0.25) is 24.2 Å². The van der Waals surface area contributed by atoms with Gasteiger partial charge < -0.3 is 5.32 Å². The van der Waals surface area contributed by atoms with Gasteiger partial charge in [0, 0.05) is 25.2 Å². The quantitative estimate of drug-likeness (QED) is 0.531. The van der Waals surface area contributed by atoms with Gasteiger partial charge in [0.2, 0.25) is 0 Å². The highest BCUT2D eigenvalue weighted by atomic mass is 16.2. The maximum Gasteiger partial charge on any atom is 0.261 e. The van der Waals surface area contributed by atoms with Crippen LogP contribution in [0, 0.1) is 5.92 Å². The maximum atomic E-state index is 12.9. The number of benzene rings is 3. The second-order valence-corrected chi connectivity index (χ2v) is 9.38. The first-order valence-corrected chi connectivity index (χ1v) is 12.2. The number of hydrogen-bond acceptors (Lipinski definition) is 4. The lowest BCUT2D eigenvalue weighted by Gasteiger charge is -2.32. The van der Waals surface area contributed by atoms with Crippen molar-refractivity contribution in [3.63, 3.8) is 0 Å². The monoisotopic (exact) mass is 467 g/mol. The molecule has 0 saturated carbocycles. The smallest absolute Gasteiger partial charge is 0.261 e. The Labute approximate surface area is 205 Å². The third-order valence-corrected chi connectivity index (χ3v) is 6.81. The van der Waals surface area contributed by atoms with Gasteiger partial charge >= 0.3 is 0 Å². The fourth-order valence-corrected chi connectivity index (χ4v) is 5.02. The Bertz CT molecular complexity index is 1210. The summed E-state index contributed by atoms with van der Waals surface area (Å²) < 4.78 is 0. The van der Waals surface area contributed by atoms with Gasteiger partial charge in [0.05, 0.1) is 17.7 Å². The van der Waals surface area contributed by atoms with Gasteiger partial charge in [0.15, 0.2) is 0 Å². The van der Waals surface area contributed by atoms with E-state index >= 15 is 0 Å². The summed E-state index contributed by atoms with van der Waals surface area (Å²) in [4.78, 5) is 41.9. The molecule has 1 unspecified atom stereocenters. The minimum Gasteiger partial charge on any atom is -0.352 e. The van der Waals surface area contributed by atoms with Crippen LogP contribution in [-0.4, -0.2) is 47.2 Å². The molecule has 6 heteroatoms. The number of likely N-dealkylation sites (tertiary alicyclic amines) is 1. The molecule has 6 nitrogen and oxygen atoms in total. The Morgan fingerprint density at radius 3 is 2.26 bits per heavy atom. The Kier molecular flexibility index (Phi) is 6.73. The SMILES string of the molecule is O=C(NCC1CCCN(Cc2ccccc2)C1)c1cccc(CN2C(=O)c3ccccc3C2=O)c1. The summed E-state index contributed by atoms with van der Waals surface area (Å²) >= 11 is 0. The van der Waals surface area contributed by atoms with Crippen LogP contribution in [0.25, 0.3) is 0 Å². The number of rotatable bonds is 7. The maximum absolute atomic E-state index is 12.9. The average Bonchev–Trinajstić information content (AvgIpc) is 3.13. The molecule has 2 heterocycles. The van der Waals surface area contributed by atoms with Gasteiger partial charge in [-0.25, -0.2) is 0 Å². The largest absolute Gasteiger partial charge is 0.352 e. The molecule has 35 heavy (non-hydrogen) atoms. The van der Waals surface area contributed by atoms with E-state index in [1.807, 2.05) is 12.1 Å². The highest BCUT2D eigenvalue weighted by Gasteiger charge is 2.35. The number of nitrogens with one attached hydrogen (secondary N) is 1. The van der Waals surface area contributed by atoms with Crippen LogP contribution in [0.2, 0.25) is 0 Å². The molecule has 1 N–H and O–H groups in total. The average molecular weight is 468 g/mol. The van der Waals surface area contributed by atoms with E-state index < -0.39 is 0 Å². The third kappa shape index (κ3) is 5.17. The van der Waals surface area contributed by atoms with E-state index in [-0.39, 0.29) is 24.3 Å². The minimum atomic E-state index is -0.294. The van der Waals surface area contributed by atoms with E-state index in [1.54, 1.807) is 42.5 Å². The molecule has 0 spiro atoms. The van der Waals surface area contributed by atoms with Crippen molar-refractivity contribution in [2.75, 3.05) is 19.6 Å². The van der Waals surface area contributed by atoms with Crippen LogP contribution in [-0.2, 0) is 13.1 Å². The van der Waals surface area contributed by atoms with Crippen LogP contribution >= 0.6 is 0 Å². The van der Waals surface area contributed by atoms with Crippen molar-refractivity contribution in [3.8, 4) is 0 Å². The summed E-state index contributed by atoms with van der Waals surface area (Å²) in [5.74, 6) is -0.303. The van der Waals surface area contributed by atoms with Crippen LogP contribution in [0.4, 0.5) is 0 Å². The molecule has 0 bridgehead atoms. The molecule has 178 valence electrons. The van der Waals surface area contributed by atoms with Crippen molar-refractivity contribution in [1.29, 1.82) is 0 Å². The normalized spacial score (nSPS) is 17.9. The van der Waals surface area contributed by atoms with Crippen molar-refractivity contribution >= 4 is 17.7 Å². The number of nitrogens with zero attached hydrogens (tertiary/aromatic N) is 2. The van der Waals surface area contributed by atoms with Crippen LogP contribution in [0.15, 0.2) is 78.9 Å². The van der Waals surface area contributed by atoms with Crippen molar-refractivity contribution < 1.29 is 14.4 Å². The predicted octanol–water partition coefficient (Wildman–Crippen LogP) is 4.12. The Morgan fingerprint density at radius 1 is 0.829 bits per heavy atom. The van der Waals surface area contributed by atoms with E-state index in [1.165, 1.54) is 10.5 Å². The van der Waals surface area contributed by atoms with Crippen LogP contribution in [0.3, 0.4) is 0 Å². The third-order valence-electron chi connectivity index (χ3n) is 6.81. The first kappa shape index (κ1) is 23.0. The predicted molar refractivity (Wildman–Crippen MR) is 134 cm³/mol. The summed E-state index contributed by atoms with van der Waals surface area (Å²) in [5.41, 5.74) is 3.46. The van der Waals surface area contributed by atoms with Crippen LogP contribution in [0.5, 0.6) is 0 Å². The van der Waals surface area contributed by atoms with Crippen LogP contribution in [0.1, 0.15) is 55.0 Å². The molecule has 2 aliphatic rings. The van der Waals surface area contributed by atoms with E-state index in [0.717, 1.165) is 38.0 Å². The minimum absolute atomic E-state index is 0.130. The number of fused-ring (bicyclic) bond motifs is 1. The van der Waals surface area contributed by atoms with Gasteiger partial charge in [-0.05, 0) is 60.7 Å². The van der Waals surface area contributed by atoms with Gasteiger partial charge in [-0.1, -0.05) is 54.6 Å². The summed E-state index contributed by atoms with van der Waals surface area (Å²) in [6.07, 6.45) is 2.23. The Morgan fingerprint density at radius 2 is 1.51 bits per heavy atom. The fourth-order valence-electron chi connectivity index (χ4n) is 5.02. The lowest BCUT2D eigenvalue weighted by molar-refractivity contribution is 0.0642. The lowest BCUT2D eigenvalue weighted by atomic mass is 9.97. The van der Waals surface area contributed by atoms with Gasteiger partial charge in [-0.15, -0.1) is 0 Å².